The second-order valence-corrected chi connectivity index (χ2v) is 4.39. The summed E-state index contributed by atoms with van der Waals surface area (Å²) in [6.07, 6.45) is 4.98. The van der Waals surface area contributed by atoms with Crippen LogP contribution >= 0.6 is 0 Å². The lowest BCUT2D eigenvalue weighted by atomic mass is 9.99. The average Bonchev–Trinajstić information content (AvgIpc) is 2.45. The lowest BCUT2D eigenvalue weighted by molar-refractivity contribution is 0.410. The fraction of sp³-hybridized carbons (Fsp3) is 0.267. The Morgan fingerprint density at radius 3 is 2.63 bits per heavy atom. The van der Waals surface area contributed by atoms with Crippen molar-refractivity contribution in [2.45, 2.75) is 18.9 Å². The van der Waals surface area contributed by atoms with Crippen molar-refractivity contribution in [1.29, 1.82) is 0 Å². The summed E-state index contributed by atoms with van der Waals surface area (Å²) in [6, 6.07) is 8.34. The van der Waals surface area contributed by atoms with E-state index in [2.05, 4.69) is 4.98 Å². The summed E-state index contributed by atoms with van der Waals surface area (Å²) in [7, 11) is 1.51. The highest BCUT2D eigenvalue weighted by Gasteiger charge is 2.12. The van der Waals surface area contributed by atoms with Gasteiger partial charge in [-0.2, -0.15) is 0 Å². The Balaban J connectivity index is 2.02. The van der Waals surface area contributed by atoms with Gasteiger partial charge in [-0.3, -0.25) is 4.98 Å². The van der Waals surface area contributed by atoms with Crippen molar-refractivity contribution < 1.29 is 9.13 Å². The molecule has 2 N–H and O–H groups in total. The number of halogens is 1. The van der Waals surface area contributed by atoms with Crippen LogP contribution in [0.5, 0.6) is 5.75 Å². The van der Waals surface area contributed by atoms with Gasteiger partial charge >= 0.3 is 0 Å². The molecule has 3 nitrogen and oxygen atoms in total. The Morgan fingerprint density at radius 2 is 2.00 bits per heavy atom. The number of nitrogens with two attached hydrogens (primary N) is 1. The third-order valence-corrected chi connectivity index (χ3v) is 3.10. The van der Waals surface area contributed by atoms with E-state index in [1.54, 1.807) is 24.5 Å². The Kier molecular flexibility index (Phi) is 4.47. The average molecular weight is 260 g/mol. The first-order chi connectivity index (χ1) is 9.20. The number of hydrogen-bond donors (Lipinski definition) is 1. The molecular formula is C15H17FN2O. The summed E-state index contributed by atoms with van der Waals surface area (Å²) in [6.45, 7) is 0. The highest BCUT2D eigenvalue weighted by Crippen LogP contribution is 2.23. The molecule has 0 bridgehead atoms. The summed E-state index contributed by atoms with van der Waals surface area (Å²) in [5.74, 6) is 0.184. The highest BCUT2D eigenvalue weighted by atomic mass is 19.1. The molecule has 0 aliphatic heterocycles. The van der Waals surface area contributed by atoms with Gasteiger partial charge in [0.1, 0.15) is 11.6 Å². The number of nitrogens with zero attached hydrogens (tertiary/aromatic N) is 1. The molecule has 0 fully saturated rings. The molecule has 0 aliphatic rings. The Bertz CT molecular complexity index is 531. The molecule has 2 aromatic rings. The van der Waals surface area contributed by atoms with Gasteiger partial charge < -0.3 is 10.5 Å². The number of methoxy groups -OCH3 is 1. The molecule has 0 aliphatic carbocycles. The maximum Gasteiger partial charge on any atom is 0.131 e. The minimum atomic E-state index is -0.320. The molecule has 19 heavy (non-hydrogen) atoms. The number of aryl methyl sites for hydroxylation is 1. The van der Waals surface area contributed by atoms with Crippen LogP contribution in [-0.4, -0.2) is 12.1 Å². The molecule has 100 valence electrons. The molecule has 1 atom stereocenters. The van der Waals surface area contributed by atoms with E-state index >= 15 is 0 Å². The molecule has 1 heterocycles. The van der Waals surface area contributed by atoms with Gasteiger partial charge in [0.2, 0.25) is 0 Å². The van der Waals surface area contributed by atoms with Crippen molar-refractivity contribution in [2.24, 2.45) is 5.73 Å². The van der Waals surface area contributed by atoms with Crippen molar-refractivity contribution in [3.05, 3.63) is 59.7 Å². The zero-order valence-corrected chi connectivity index (χ0v) is 10.8. The first-order valence-corrected chi connectivity index (χ1v) is 6.18. The number of hydrogen-bond acceptors (Lipinski definition) is 3. The van der Waals surface area contributed by atoms with Crippen LogP contribution in [0.15, 0.2) is 42.7 Å². The van der Waals surface area contributed by atoms with E-state index in [-0.39, 0.29) is 11.9 Å². The minimum Gasteiger partial charge on any atom is -0.497 e. The Labute approximate surface area is 112 Å². The van der Waals surface area contributed by atoms with Gasteiger partial charge in [-0.25, -0.2) is 4.39 Å². The van der Waals surface area contributed by atoms with Crippen molar-refractivity contribution in [3.8, 4) is 5.75 Å². The van der Waals surface area contributed by atoms with Crippen LogP contribution in [-0.2, 0) is 6.42 Å². The van der Waals surface area contributed by atoms with Crippen LogP contribution in [0.25, 0.3) is 0 Å². The molecule has 0 saturated carbocycles. The van der Waals surface area contributed by atoms with Crippen LogP contribution in [0.1, 0.15) is 23.6 Å². The van der Waals surface area contributed by atoms with E-state index in [0.717, 1.165) is 12.0 Å². The minimum absolute atomic E-state index is 0.318. The topological polar surface area (TPSA) is 48.1 Å². The summed E-state index contributed by atoms with van der Waals surface area (Å²) in [4.78, 5) is 3.96. The van der Waals surface area contributed by atoms with Crippen LogP contribution in [0, 0.1) is 5.82 Å². The molecule has 4 heteroatoms. The second-order valence-electron chi connectivity index (χ2n) is 4.39. The standard InChI is InChI=1S/C15H17FN2O/c1-19-12-3-4-13(14(16)10-12)15(17)5-2-11-6-8-18-9-7-11/h3-4,6-10,15H,2,5,17H2,1H3. The van der Waals surface area contributed by atoms with Crippen LogP contribution in [0.2, 0.25) is 0 Å². The molecule has 1 unspecified atom stereocenters. The van der Waals surface area contributed by atoms with Gasteiger partial charge in [-0.15, -0.1) is 0 Å². The monoisotopic (exact) mass is 260 g/mol. The summed E-state index contributed by atoms with van der Waals surface area (Å²) < 4.78 is 18.8. The van der Waals surface area contributed by atoms with E-state index in [9.17, 15) is 4.39 Å². The maximum absolute atomic E-state index is 13.8. The lowest BCUT2D eigenvalue weighted by Crippen LogP contribution is -2.13. The van der Waals surface area contributed by atoms with Crippen molar-refractivity contribution in [1.82, 2.24) is 4.98 Å². The van der Waals surface area contributed by atoms with E-state index in [0.29, 0.717) is 17.7 Å². The van der Waals surface area contributed by atoms with Crippen LogP contribution in [0.3, 0.4) is 0 Å². The molecular weight excluding hydrogens is 243 g/mol. The predicted octanol–water partition coefficient (Wildman–Crippen LogP) is 2.86. The van der Waals surface area contributed by atoms with E-state index in [1.807, 2.05) is 12.1 Å². The number of pyridine rings is 1. The first kappa shape index (κ1) is 13.5. The van der Waals surface area contributed by atoms with Crippen molar-refractivity contribution >= 4 is 0 Å². The van der Waals surface area contributed by atoms with Gasteiger partial charge in [-0.05, 0) is 36.6 Å². The predicted molar refractivity (Wildman–Crippen MR) is 72.4 cm³/mol. The second kappa shape index (κ2) is 6.29. The molecule has 1 aromatic carbocycles. The molecule has 0 saturated heterocycles. The van der Waals surface area contributed by atoms with Crippen LogP contribution < -0.4 is 10.5 Å². The molecule has 0 amide bonds. The Morgan fingerprint density at radius 1 is 1.26 bits per heavy atom. The fourth-order valence-corrected chi connectivity index (χ4v) is 1.96. The number of benzene rings is 1. The third kappa shape index (κ3) is 3.51. The zero-order valence-electron chi connectivity index (χ0n) is 10.8. The van der Waals surface area contributed by atoms with Crippen molar-refractivity contribution in [3.63, 3.8) is 0 Å². The van der Waals surface area contributed by atoms with Crippen molar-refractivity contribution in [2.75, 3.05) is 7.11 Å². The number of ether oxygens (including phenoxy) is 1. The lowest BCUT2D eigenvalue weighted by Gasteiger charge is -2.13. The van der Waals surface area contributed by atoms with Gasteiger partial charge in [-0.1, -0.05) is 6.07 Å². The number of aromatic nitrogens is 1. The smallest absolute Gasteiger partial charge is 0.131 e. The van der Waals surface area contributed by atoms with Gasteiger partial charge in [0, 0.05) is 30.1 Å². The Hall–Kier alpha value is -1.94. The quantitative estimate of drug-likeness (QED) is 0.899. The highest BCUT2D eigenvalue weighted by molar-refractivity contribution is 5.30. The number of rotatable bonds is 5. The van der Waals surface area contributed by atoms with Gasteiger partial charge in [0.15, 0.2) is 0 Å². The van der Waals surface area contributed by atoms with E-state index in [4.69, 9.17) is 10.5 Å². The fourth-order valence-electron chi connectivity index (χ4n) is 1.96. The zero-order chi connectivity index (χ0) is 13.7. The third-order valence-electron chi connectivity index (χ3n) is 3.10. The van der Waals surface area contributed by atoms with Gasteiger partial charge in [0.05, 0.1) is 7.11 Å². The van der Waals surface area contributed by atoms with E-state index in [1.165, 1.54) is 13.2 Å². The first-order valence-electron chi connectivity index (χ1n) is 6.18. The van der Waals surface area contributed by atoms with E-state index < -0.39 is 0 Å². The van der Waals surface area contributed by atoms with Crippen LogP contribution in [0.4, 0.5) is 4.39 Å². The SMILES string of the molecule is COc1ccc(C(N)CCc2ccncc2)c(F)c1. The molecule has 1 aromatic heterocycles. The van der Waals surface area contributed by atoms with Gasteiger partial charge in [0.25, 0.3) is 0 Å². The largest absolute Gasteiger partial charge is 0.497 e. The molecule has 0 radical (unpaired) electrons. The molecule has 0 spiro atoms. The summed E-state index contributed by atoms with van der Waals surface area (Å²) >= 11 is 0. The molecule has 2 rings (SSSR count). The summed E-state index contributed by atoms with van der Waals surface area (Å²) in [5.41, 5.74) is 7.71. The summed E-state index contributed by atoms with van der Waals surface area (Å²) in [5, 5.41) is 0. The maximum atomic E-state index is 13.8. The normalized spacial score (nSPS) is 12.2.